The quantitative estimate of drug-likeness (QED) is 0.824. The Bertz CT molecular complexity index is 339. The molecule has 1 heterocycles. The first kappa shape index (κ1) is 11.4. The topological polar surface area (TPSA) is 36.4 Å². The lowest BCUT2D eigenvalue weighted by Crippen LogP contribution is -2.21. The van der Waals surface area contributed by atoms with E-state index in [1.807, 2.05) is 12.1 Å². The summed E-state index contributed by atoms with van der Waals surface area (Å²) in [4.78, 5) is 6.80. The van der Waals surface area contributed by atoms with Crippen LogP contribution in [0.25, 0.3) is 0 Å². The van der Waals surface area contributed by atoms with Gasteiger partial charge in [0, 0.05) is 19.3 Å². The van der Waals surface area contributed by atoms with Crippen molar-refractivity contribution in [2.24, 2.45) is 5.92 Å². The van der Waals surface area contributed by atoms with Crippen LogP contribution in [0.4, 0.5) is 5.82 Å². The highest BCUT2D eigenvalue weighted by Crippen LogP contribution is 2.30. The lowest BCUT2D eigenvalue weighted by molar-refractivity contribution is 0.281. The minimum Gasteiger partial charge on any atom is -0.392 e. The number of anilines is 1. The SMILES string of the molecule is CCc1cc(CO)cc(N(C)CC2CC2)n1. The molecule has 0 bridgehead atoms. The third-order valence-electron chi connectivity index (χ3n) is 3.09. The molecule has 1 saturated carbocycles. The summed E-state index contributed by atoms with van der Waals surface area (Å²) < 4.78 is 0. The Kier molecular flexibility index (Phi) is 3.44. The molecule has 1 aromatic heterocycles. The monoisotopic (exact) mass is 220 g/mol. The number of aliphatic hydroxyl groups is 1. The summed E-state index contributed by atoms with van der Waals surface area (Å²) in [7, 11) is 2.08. The zero-order chi connectivity index (χ0) is 11.5. The number of aromatic nitrogens is 1. The van der Waals surface area contributed by atoms with Crippen LogP contribution in [0.2, 0.25) is 0 Å². The van der Waals surface area contributed by atoms with E-state index in [1.165, 1.54) is 12.8 Å². The second-order valence-electron chi connectivity index (χ2n) is 4.66. The predicted molar refractivity (Wildman–Crippen MR) is 65.5 cm³/mol. The lowest BCUT2D eigenvalue weighted by atomic mass is 10.2. The zero-order valence-electron chi connectivity index (χ0n) is 10.1. The smallest absolute Gasteiger partial charge is 0.128 e. The maximum atomic E-state index is 9.21. The van der Waals surface area contributed by atoms with Gasteiger partial charge in [-0.25, -0.2) is 4.98 Å². The maximum absolute atomic E-state index is 9.21. The van der Waals surface area contributed by atoms with Crippen molar-refractivity contribution < 1.29 is 5.11 Å². The van der Waals surface area contributed by atoms with Gasteiger partial charge in [0.2, 0.25) is 0 Å². The molecule has 1 aromatic rings. The molecule has 3 heteroatoms. The summed E-state index contributed by atoms with van der Waals surface area (Å²) in [6.07, 6.45) is 3.62. The Morgan fingerprint density at radius 1 is 1.44 bits per heavy atom. The number of hydrogen-bond donors (Lipinski definition) is 1. The molecular weight excluding hydrogens is 200 g/mol. The van der Waals surface area contributed by atoms with E-state index in [4.69, 9.17) is 0 Å². The van der Waals surface area contributed by atoms with Gasteiger partial charge >= 0.3 is 0 Å². The Morgan fingerprint density at radius 2 is 2.19 bits per heavy atom. The summed E-state index contributed by atoms with van der Waals surface area (Å²) >= 11 is 0. The average molecular weight is 220 g/mol. The minimum absolute atomic E-state index is 0.0970. The number of rotatable bonds is 5. The summed E-state index contributed by atoms with van der Waals surface area (Å²) in [6.45, 7) is 3.28. The molecule has 0 aliphatic heterocycles. The van der Waals surface area contributed by atoms with E-state index in [9.17, 15) is 5.11 Å². The standard InChI is InChI=1S/C13H20N2O/c1-3-12-6-11(9-16)7-13(14-12)15(2)8-10-4-5-10/h6-7,10,16H,3-5,8-9H2,1-2H3. The van der Waals surface area contributed by atoms with Crippen molar-refractivity contribution in [1.29, 1.82) is 0 Å². The molecule has 16 heavy (non-hydrogen) atoms. The van der Waals surface area contributed by atoms with Crippen LogP contribution in [-0.2, 0) is 13.0 Å². The summed E-state index contributed by atoms with van der Waals surface area (Å²) in [5, 5.41) is 9.21. The van der Waals surface area contributed by atoms with Gasteiger partial charge in [-0.05, 0) is 42.9 Å². The Labute approximate surface area is 97.1 Å². The molecule has 2 rings (SSSR count). The van der Waals surface area contributed by atoms with Crippen molar-refractivity contribution in [2.75, 3.05) is 18.5 Å². The zero-order valence-corrected chi connectivity index (χ0v) is 10.1. The molecule has 0 amide bonds. The fourth-order valence-corrected chi connectivity index (χ4v) is 1.88. The minimum atomic E-state index is 0.0970. The normalized spacial score (nSPS) is 15.2. The van der Waals surface area contributed by atoms with Crippen molar-refractivity contribution in [3.8, 4) is 0 Å². The van der Waals surface area contributed by atoms with Crippen LogP contribution >= 0.6 is 0 Å². The Morgan fingerprint density at radius 3 is 2.75 bits per heavy atom. The molecule has 1 aliphatic rings. The van der Waals surface area contributed by atoms with Crippen LogP contribution in [0.3, 0.4) is 0 Å². The van der Waals surface area contributed by atoms with E-state index in [-0.39, 0.29) is 6.61 Å². The van der Waals surface area contributed by atoms with Crippen molar-refractivity contribution in [3.05, 3.63) is 23.4 Å². The van der Waals surface area contributed by atoms with Crippen molar-refractivity contribution in [1.82, 2.24) is 4.98 Å². The highest BCUT2D eigenvalue weighted by atomic mass is 16.3. The molecule has 0 saturated heterocycles. The lowest BCUT2D eigenvalue weighted by Gasteiger charge is -2.19. The second-order valence-corrected chi connectivity index (χ2v) is 4.66. The molecule has 88 valence electrons. The number of hydrogen-bond acceptors (Lipinski definition) is 3. The predicted octanol–water partition coefficient (Wildman–Crippen LogP) is 1.98. The first-order valence-corrected chi connectivity index (χ1v) is 6.04. The number of aryl methyl sites for hydroxylation is 1. The molecule has 0 atom stereocenters. The highest BCUT2D eigenvalue weighted by molar-refractivity contribution is 5.42. The Balaban J connectivity index is 2.16. The summed E-state index contributed by atoms with van der Waals surface area (Å²) in [6, 6.07) is 3.97. The molecule has 1 fully saturated rings. The molecule has 1 aliphatic carbocycles. The number of pyridine rings is 1. The highest BCUT2D eigenvalue weighted by Gasteiger charge is 2.23. The van der Waals surface area contributed by atoms with Crippen molar-refractivity contribution in [3.63, 3.8) is 0 Å². The van der Waals surface area contributed by atoms with Gasteiger partial charge in [0.1, 0.15) is 5.82 Å². The van der Waals surface area contributed by atoms with Crippen LogP contribution in [-0.4, -0.2) is 23.7 Å². The van der Waals surface area contributed by atoms with Crippen LogP contribution in [0.5, 0.6) is 0 Å². The maximum Gasteiger partial charge on any atom is 0.128 e. The second kappa shape index (κ2) is 4.83. The van der Waals surface area contributed by atoms with Gasteiger partial charge in [0.15, 0.2) is 0 Å². The molecule has 0 unspecified atom stereocenters. The third-order valence-corrected chi connectivity index (χ3v) is 3.09. The van der Waals surface area contributed by atoms with Crippen LogP contribution in [0.15, 0.2) is 12.1 Å². The molecule has 1 N–H and O–H groups in total. The third kappa shape index (κ3) is 2.73. The summed E-state index contributed by atoms with van der Waals surface area (Å²) in [5.41, 5.74) is 2.02. The van der Waals surface area contributed by atoms with Crippen LogP contribution < -0.4 is 4.90 Å². The summed E-state index contributed by atoms with van der Waals surface area (Å²) in [5.74, 6) is 1.85. The van der Waals surface area contributed by atoms with Crippen molar-refractivity contribution >= 4 is 5.82 Å². The van der Waals surface area contributed by atoms with Gasteiger partial charge in [-0.2, -0.15) is 0 Å². The fourth-order valence-electron chi connectivity index (χ4n) is 1.88. The molecule has 3 nitrogen and oxygen atoms in total. The molecule has 0 aromatic carbocycles. The molecular formula is C13H20N2O. The van der Waals surface area contributed by atoms with E-state index < -0.39 is 0 Å². The van der Waals surface area contributed by atoms with Crippen molar-refractivity contribution in [2.45, 2.75) is 32.8 Å². The van der Waals surface area contributed by atoms with Crippen LogP contribution in [0, 0.1) is 5.92 Å². The molecule has 0 radical (unpaired) electrons. The van der Waals surface area contributed by atoms with Gasteiger partial charge in [0.05, 0.1) is 6.61 Å². The Hall–Kier alpha value is -1.09. The van der Waals surface area contributed by atoms with Gasteiger partial charge in [-0.3, -0.25) is 0 Å². The van der Waals surface area contributed by atoms with E-state index in [0.29, 0.717) is 0 Å². The van der Waals surface area contributed by atoms with Gasteiger partial charge in [0.25, 0.3) is 0 Å². The van der Waals surface area contributed by atoms with E-state index in [2.05, 4.69) is 23.9 Å². The average Bonchev–Trinajstić information content (AvgIpc) is 3.12. The fraction of sp³-hybridized carbons (Fsp3) is 0.615. The van der Waals surface area contributed by atoms with E-state index >= 15 is 0 Å². The van der Waals surface area contributed by atoms with E-state index in [1.54, 1.807) is 0 Å². The van der Waals surface area contributed by atoms with Gasteiger partial charge in [-0.15, -0.1) is 0 Å². The number of aliphatic hydroxyl groups excluding tert-OH is 1. The number of nitrogens with zero attached hydrogens (tertiary/aromatic N) is 2. The van der Waals surface area contributed by atoms with E-state index in [0.717, 1.165) is 36.0 Å². The molecule has 0 spiro atoms. The van der Waals surface area contributed by atoms with Gasteiger partial charge < -0.3 is 10.0 Å². The van der Waals surface area contributed by atoms with Gasteiger partial charge in [-0.1, -0.05) is 6.92 Å². The first-order chi connectivity index (χ1) is 7.72. The largest absolute Gasteiger partial charge is 0.392 e. The van der Waals surface area contributed by atoms with Crippen LogP contribution in [0.1, 0.15) is 31.0 Å². The first-order valence-electron chi connectivity index (χ1n) is 6.04.